The van der Waals surface area contributed by atoms with Crippen molar-refractivity contribution in [1.82, 2.24) is 9.88 Å². The number of hydrogen-bond donors (Lipinski definition) is 1. The van der Waals surface area contributed by atoms with Crippen molar-refractivity contribution in [3.05, 3.63) is 35.7 Å². The lowest BCUT2D eigenvalue weighted by Gasteiger charge is -2.23. The fraction of sp³-hybridized carbons (Fsp3) is 0.333. The lowest BCUT2D eigenvalue weighted by Crippen LogP contribution is -2.33. The first kappa shape index (κ1) is 13.4. The van der Waals surface area contributed by atoms with E-state index in [0.717, 1.165) is 18.3 Å². The van der Waals surface area contributed by atoms with Crippen molar-refractivity contribution < 1.29 is 23.1 Å². The van der Waals surface area contributed by atoms with Gasteiger partial charge in [-0.1, -0.05) is 6.08 Å². The molecule has 1 aromatic rings. The molecular weight excluding hydrogens is 261 g/mol. The van der Waals surface area contributed by atoms with Gasteiger partial charge in [0.1, 0.15) is 0 Å². The summed E-state index contributed by atoms with van der Waals surface area (Å²) in [6, 6.07) is 1.90. The minimum absolute atomic E-state index is 0.169. The number of nitrogens with zero attached hydrogens (tertiary/aromatic N) is 2. The predicted octanol–water partition coefficient (Wildman–Crippen LogP) is 2.87. The summed E-state index contributed by atoms with van der Waals surface area (Å²) < 4.78 is 37.7. The van der Waals surface area contributed by atoms with Gasteiger partial charge in [-0.3, -0.25) is 4.98 Å². The topological polar surface area (TPSA) is 53.4 Å². The van der Waals surface area contributed by atoms with Crippen LogP contribution < -0.4 is 0 Å². The van der Waals surface area contributed by atoms with Crippen molar-refractivity contribution in [2.24, 2.45) is 0 Å². The summed E-state index contributed by atoms with van der Waals surface area (Å²) >= 11 is 0. The van der Waals surface area contributed by atoms with Gasteiger partial charge in [0, 0.05) is 19.3 Å². The molecule has 0 spiro atoms. The zero-order valence-corrected chi connectivity index (χ0v) is 9.81. The fourth-order valence-corrected chi connectivity index (χ4v) is 1.86. The molecule has 0 fully saturated rings. The van der Waals surface area contributed by atoms with E-state index in [0.29, 0.717) is 12.0 Å². The van der Waals surface area contributed by atoms with Crippen LogP contribution in [0.15, 0.2) is 24.4 Å². The minimum atomic E-state index is -4.40. The first-order valence-corrected chi connectivity index (χ1v) is 5.58. The summed E-state index contributed by atoms with van der Waals surface area (Å²) in [5.74, 6) is 0. The molecule has 1 N–H and O–H groups in total. The number of carbonyl (C=O) groups is 1. The van der Waals surface area contributed by atoms with Crippen molar-refractivity contribution >= 4 is 11.7 Å². The van der Waals surface area contributed by atoms with Crippen LogP contribution in [0.25, 0.3) is 5.57 Å². The molecule has 0 saturated heterocycles. The molecule has 7 heteroatoms. The molecule has 19 heavy (non-hydrogen) atoms. The molecule has 2 rings (SSSR count). The van der Waals surface area contributed by atoms with Crippen molar-refractivity contribution in [2.45, 2.75) is 12.6 Å². The van der Waals surface area contributed by atoms with Crippen LogP contribution >= 0.6 is 0 Å². The molecule has 1 aliphatic heterocycles. The monoisotopic (exact) mass is 272 g/mol. The van der Waals surface area contributed by atoms with Gasteiger partial charge in [-0.2, -0.15) is 13.2 Å². The predicted molar refractivity (Wildman–Crippen MR) is 61.4 cm³/mol. The lowest BCUT2D eigenvalue weighted by atomic mass is 10.0. The van der Waals surface area contributed by atoms with Crippen LogP contribution in [-0.2, 0) is 6.18 Å². The highest BCUT2D eigenvalue weighted by Crippen LogP contribution is 2.31. The minimum Gasteiger partial charge on any atom is -0.465 e. The molecule has 1 amide bonds. The Balaban J connectivity index is 2.22. The highest BCUT2D eigenvalue weighted by atomic mass is 19.4. The van der Waals surface area contributed by atoms with Gasteiger partial charge in [0.25, 0.3) is 0 Å². The number of amides is 1. The summed E-state index contributed by atoms with van der Waals surface area (Å²) in [4.78, 5) is 15.8. The molecule has 0 radical (unpaired) electrons. The molecule has 0 saturated carbocycles. The van der Waals surface area contributed by atoms with Crippen LogP contribution in [0.4, 0.5) is 18.0 Å². The number of pyridine rings is 1. The third-order valence-corrected chi connectivity index (χ3v) is 2.90. The van der Waals surface area contributed by atoms with E-state index < -0.39 is 17.8 Å². The smallest absolute Gasteiger partial charge is 0.416 e. The Kier molecular flexibility index (Phi) is 3.46. The van der Waals surface area contributed by atoms with Crippen LogP contribution in [0.3, 0.4) is 0 Å². The van der Waals surface area contributed by atoms with Gasteiger partial charge in [0.05, 0.1) is 11.3 Å². The Labute approximate surface area is 107 Å². The van der Waals surface area contributed by atoms with Crippen molar-refractivity contribution in [2.75, 3.05) is 13.1 Å². The van der Waals surface area contributed by atoms with Crippen molar-refractivity contribution in [3.8, 4) is 0 Å². The normalized spacial score (nSPS) is 16.2. The molecular formula is C12H11F3N2O2. The van der Waals surface area contributed by atoms with E-state index in [1.807, 2.05) is 0 Å². The molecule has 1 aliphatic rings. The second-order valence-corrected chi connectivity index (χ2v) is 4.14. The second-order valence-electron chi connectivity index (χ2n) is 4.14. The zero-order chi connectivity index (χ0) is 14.0. The number of halogens is 3. The molecule has 1 aromatic heterocycles. The molecule has 0 aliphatic carbocycles. The summed E-state index contributed by atoms with van der Waals surface area (Å²) in [5.41, 5.74) is 0.141. The van der Waals surface area contributed by atoms with Crippen LogP contribution in [0, 0.1) is 0 Å². The number of alkyl halides is 3. The van der Waals surface area contributed by atoms with E-state index in [4.69, 9.17) is 5.11 Å². The van der Waals surface area contributed by atoms with Gasteiger partial charge < -0.3 is 10.0 Å². The molecule has 0 aromatic carbocycles. The summed E-state index contributed by atoms with van der Waals surface area (Å²) in [7, 11) is 0. The fourth-order valence-electron chi connectivity index (χ4n) is 1.86. The largest absolute Gasteiger partial charge is 0.465 e. The quantitative estimate of drug-likeness (QED) is 0.855. The third kappa shape index (κ3) is 3.04. The second kappa shape index (κ2) is 4.91. The van der Waals surface area contributed by atoms with Gasteiger partial charge in [0.2, 0.25) is 0 Å². The van der Waals surface area contributed by atoms with Gasteiger partial charge in [-0.25, -0.2) is 4.79 Å². The molecule has 102 valence electrons. The van der Waals surface area contributed by atoms with Crippen LogP contribution in [0.5, 0.6) is 0 Å². The number of aromatic nitrogens is 1. The third-order valence-electron chi connectivity index (χ3n) is 2.90. The molecule has 4 nitrogen and oxygen atoms in total. The van der Waals surface area contributed by atoms with E-state index in [9.17, 15) is 18.0 Å². The van der Waals surface area contributed by atoms with Crippen LogP contribution in [-0.4, -0.2) is 34.2 Å². The van der Waals surface area contributed by atoms with E-state index in [2.05, 4.69) is 4.98 Å². The first-order chi connectivity index (χ1) is 8.88. The van der Waals surface area contributed by atoms with Gasteiger partial charge in [-0.05, 0) is 24.1 Å². The number of rotatable bonds is 1. The Morgan fingerprint density at radius 1 is 1.42 bits per heavy atom. The average Bonchev–Trinajstić information content (AvgIpc) is 2.38. The molecule has 0 unspecified atom stereocenters. The first-order valence-electron chi connectivity index (χ1n) is 5.58. The van der Waals surface area contributed by atoms with Gasteiger partial charge >= 0.3 is 12.3 Å². The van der Waals surface area contributed by atoms with Crippen molar-refractivity contribution in [3.63, 3.8) is 0 Å². The van der Waals surface area contributed by atoms with E-state index in [1.165, 1.54) is 4.90 Å². The Hall–Kier alpha value is -2.05. The van der Waals surface area contributed by atoms with E-state index in [1.54, 1.807) is 6.08 Å². The highest BCUT2D eigenvalue weighted by molar-refractivity contribution is 5.70. The van der Waals surface area contributed by atoms with Gasteiger partial charge in [-0.15, -0.1) is 0 Å². The summed E-state index contributed by atoms with van der Waals surface area (Å²) in [6.45, 7) is 0.432. The standard InChI is InChI=1S/C12H11F3N2O2/c13-12(14,15)9-1-4-16-10(7-9)8-2-5-17(6-3-8)11(18)19/h1-2,4,7H,3,5-6H2,(H,18,19). The summed E-state index contributed by atoms with van der Waals surface area (Å²) in [6.07, 6.45) is -2.36. The molecule has 2 heterocycles. The van der Waals surface area contributed by atoms with E-state index in [-0.39, 0.29) is 18.8 Å². The maximum atomic E-state index is 12.6. The number of hydrogen-bond acceptors (Lipinski definition) is 2. The lowest BCUT2D eigenvalue weighted by molar-refractivity contribution is -0.137. The SMILES string of the molecule is O=C(O)N1CC=C(c2cc(C(F)(F)F)ccn2)CC1. The van der Waals surface area contributed by atoms with E-state index >= 15 is 0 Å². The van der Waals surface area contributed by atoms with Crippen LogP contribution in [0.2, 0.25) is 0 Å². The highest BCUT2D eigenvalue weighted by Gasteiger charge is 2.31. The summed E-state index contributed by atoms with van der Waals surface area (Å²) in [5, 5.41) is 8.78. The average molecular weight is 272 g/mol. The maximum absolute atomic E-state index is 12.6. The zero-order valence-electron chi connectivity index (χ0n) is 9.81. The Morgan fingerprint density at radius 3 is 2.68 bits per heavy atom. The van der Waals surface area contributed by atoms with Gasteiger partial charge in [0.15, 0.2) is 0 Å². The molecule has 0 bridgehead atoms. The Morgan fingerprint density at radius 2 is 2.16 bits per heavy atom. The van der Waals surface area contributed by atoms with Crippen molar-refractivity contribution in [1.29, 1.82) is 0 Å². The molecule has 0 atom stereocenters. The number of carboxylic acid groups (broad SMARTS) is 1. The maximum Gasteiger partial charge on any atom is 0.416 e. The Bertz CT molecular complexity index is 526. The van der Waals surface area contributed by atoms with Crippen LogP contribution in [0.1, 0.15) is 17.7 Å².